The second-order valence-electron chi connectivity index (χ2n) is 4.82. The van der Waals surface area contributed by atoms with Gasteiger partial charge in [-0.15, -0.1) is 0 Å². The highest BCUT2D eigenvalue weighted by atomic mass is 16.2. The van der Waals surface area contributed by atoms with Crippen LogP contribution in [0.1, 0.15) is 23.1 Å². The second kappa shape index (κ2) is 5.44. The number of carbonyl (C=O) groups is 1. The zero-order valence-electron chi connectivity index (χ0n) is 12.3. The van der Waals surface area contributed by atoms with E-state index in [9.17, 15) is 9.59 Å². The van der Waals surface area contributed by atoms with Crippen LogP contribution in [0.15, 0.2) is 41.3 Å². The number of hydrogen-bond donors (Lipinski definition) is 1. The molecule has 112 valence electrons. The Morgan fingerprint density at radius 2 is 2.14 bits per heavy atom. The Hall–Kier alpha value is -2.96. The van der Waals surface area contributed by atoms with Crippen molar-refractivity contribution in [1.29, 1.82) is 0 Å². The van der Waals surface area contributed by atoms with E-state index in [1.54, 1.807) is 42.1 Å². The van der Waals surface area contributed by atoms with E-state index in [4.69, 9.17) is 0 Å². The highest BCUT2D eigenvalue weighted by Gasteiger charge is 2.17. The zero-order chi connectivity index (χ0) is 15.7. The monoisotopic (exact) mass is 297 g/mol. The summed E-state index contributed by atoms with van der Waals surface area (Å²) < 4.78 is 3.00. The van der Waals surface area contributed by atoms with Crippen LogP contribution in [0.4, 0.5) is 5.82 Å². The summed E-state index contributed by atoms with van der Waals surface area (Å²) in [6.45, 7) is 4.08. The number of aromatic nitrogens is 4. The number of carbonyl (C=O) groups excluding carboxylic acids is 1. The summed E-state index contributed by atoms with van der Waals surface area (Å²) in [5, 5.41) is 2.71. The first kappa shape index (κ1) is 14.0. The molecule has 0 fully saturated rings. The van der Waals surface area contributed by atoms with Crippen LogP contribution >= 0.6 is 0 Å². The van der Waals surface area contributed by atoms with Crippen LogP contribution < -0.4 is 10.9 Å². The molecule has 3 aromatic rings. The molecule has 1 amide bonds. The van der Waals surface area contributed by atoms with Crippen molar-refractivity contribution >= 4 is 17.4 Å². The first-order valence-corrected chi connectivity index (χ1v) is 6.92. The van der Waals surface area contributed by atoms with Crippen molar-refractivity contribution in [2.75, 3.05) is 5.32 Å². The fourth-order valence-corrected chi connectivity index (χ4v) is 2.37. The van der Waals surface area contributed by atoms with Crippen LogP contribution in [0.5, 0.6) is 0 Å². The molecule has 0 aliphatic rings. The number of fused-ring (bicyclic) bond motifs is 1. The molecule has 7 heteroatoms. The molecule has 22 heavy (non-hydrogen) atoms. The van der Waals surface area contributed by atoms with Crippen molar-refractivity contribution in [2.24, 2.45) is 0 Å². The fourth-order valence-electron chi connectivity index (χ4n) is 2.37. The molecule has 0 aliphatic carbocycles. The summed E-state index contributed by atoms with van der Waals surface area (Å²) in [6.07, 6.45) is 1.60. The molecule has 0 spiro atoms. The van der Waals surface area contributed by atoms with E-state index in [1.807, 2.05) is 6.92 Å². The Morgan fingerprint density at radius 1 is 1.32 bits per heavy atom. The predicted octanol–water partition coefficient (Wildman–Crippen LogP) is 1.47. The third-order valence-electron chi connectivity index (χ3n) is 3.27. The van der Waals surface area contributed by atoms with Crippen LogP contribution in [0.25, 0.3) is 5.65 Å². The molecule has 1 N–H and O–H groups in total. The van der Waals surface area contributed by atoms with Crippen LogP contribution in [0.3, 0.4) is 0 Å². The maximum atomic E-state index is 12.4. The lowest BCUT2D eigenvalue weighted by Gasteiger charge is -2.08. The van der Waals surface area contributed by atoms with E-state index < -0.39 is 0 Å². The number of nitrogens with one attached hydrogen (secondary N) is 1. The molecule has 0 aliphatic heterocycles. The highest BCUT2D eigenvalue weighted by Crippen LogP contribution is 2.10. The predicted molar refractivity (Wildman–Crippen MR) is 82.1 cm³/mol. The van der Waals surface area contributed by atoms with Crippen molar-refractivity contribution in [3.05, 3.63) is 58.3 Å². The molecule has 0 saturated heterocycles. The van der Waals surface area contributed by atoms with E-state index in [0.717, 1.165) is 0 Å². The Labute approximate surface area is 126 Å². The number of hydrogen-bond acceptors (Lipinski definition) is 4. The van der Waals surface area contributed by atoms with Gasteiger partial charge in [0.05, 0.1) is 0 Å². The number of anilines is 1. The summed E-state index contributed by atoms with van der Waals surface area (Å²) in [7, 11) is 0. The Kier molecular flexibility index (Phi) is 3.46. The van der Waals surface area contributed by atoms with E-state index in [2.05, 4.69) is 15.3 Å². The maximum absolute atomic E-state index is 12.4. The van der Waals surface area contributed by atoms with Gasteiger partial charge in [-0.2, -0.15) is 4.52 Å². The molecule has 7 nitrogen and oxygen atoms in total. The average Bonchev–Trinajstić information content (AvgIpc) is 2.87. The molecule has 0 atom stereocenters. The van der Waals surface area contributed by atoms with Crippen LogP contribution in [0, 0.1) is 6.92 Å². The summed E-state index contributed by atoms with van der Waals surface area (Å²) in [6, 6.07) is 8.31. The number of nitrogens with zero attached hydrogens (tertiary/aromatic N) is 4. The average molecular weight is 297 g/mol. The third kappa shape index (κ3) is 2.37. The first-order chi connectivity index (χ1) is 10.6. The van der Waals surface area contributed by atoms with Gasteiger partial charge in [-0.25, -0.2) is 9.97 Å². The molecule has 0 aromatic carbocycles. The van der Waals surface area contributed by atoms with Gasteiger partial charge in [0.1, 0.15) is 11.5 Å². The fraction of sp³-hybridized carbons (Fsp3) is 0.200. The van der Waals surface area contributed by atoms with E-state index in [0.29, 0.717) is 29.4 Å². The van der Waals surface area contributed by atoms with Gasteiger partial charge in [-0.3, -0.25) is 14.3 Å². The summed E-state index contributed by atoms with van der Waals surface area (Å²) >= 11 is 0. The van der Waals surface area contributed by atoms with Gasteiger partial charge < -0.3 is 5.32 Å². The topological polar surface area (TPSA) is 81.3 Å². The molecular formula is C15H15N5O2. The molecule has 0 radical (unpaired) electrons. The molecule has 3 rings (SSSR count). The largest absolute Gasteiger partial charge is 0.305 e. The number of aryl methyl sites for hydroxylation is 2. The van der Waals surface area contributed by atoms with Gasteiger partial charge in [0.15, 0.2) is 5.65 Å². The van der Waals surface area contributed by atoms with Crippen LogP contribution in [-0.4, -0.2) is 25.1 Å². The van der Waals surface area contributed by atoms with Crippen molar-refractivity contribution < 1.29 is 4.79 Å². The van der Waals surface area contributed by atoms with Crippen LogP contribution in [0.2, 0.25) is 0 Å². The van der Waals surface area contributed by atoms with Crippen molar-refractivity contribution in [3.63, 3.8) is 0 Å². The number of amides is 1. The lowest BCUT2D eigenvalue weighted by molar-refractivity contribution is 0.101. The van der Waals surface area contributed by atoms with E-state index in [1.165, 1.54) is 10.6 Å². The Balaban J connectivity index is 2.09. The SMILES string of the molecule is CCn1c(C(=O)Nc2ccccn2)cc2nc(C)cc(=O)n21. The molecule has 0 unspecified atom stereocenters. The van der Waals surface area contributed by atoms with Crippen molar-refractivity contribution in [1.82, 2.24) is 19.2 Å². The molecule has 0 bridgehead atoms. The van der Waals surface area contributed by atoms with Crippen LogP contribution in [-0.2, 0) is 6.54 Å². The summed E-state index contributed by atoms with van der Waals surface area (Å²) in [5.41, 5.74) is 1.23. The normalized spacial score (nSPS) is 10.8. The third-order valence-corrected chi connectivity index (χ3v) is 3.27. The lowest BCUT2D eigenvalue weighted by atomic mass is 10.3. The van der Waals surface area contributed by atoms with Gasteiger partial charge in [0, 0.05) is 30.6 Å². The van der Waals surface area contributed by atoms with E-state index >= 15 is 0 Å². The quantitative estimate of drug-likeness (QED) is 0.793. The van der Waals surface area contributed by atoms with Gasteiger partial charge in [0.25, 0.3) is 11.5 Å². The van der Waals surface area contributed by atoms with Gasteiger partial charge >= 0.3 is 0 Å². The minimum atomic E-state index is -0.330. The lowest BCUT2D eigenvalue weighted by Crippen LogP contribution is -2.25. The highest BCUT2D eigenvalue weighted by molar-refractivity contribution is 6.03. The number of rotatable bonds is 3. The second-order valence-corrected chi connectivity index (χ2v) is 4.82. The summed E-state index contributed by atoms with van der Waals surface area (Å²) in [4.78, 5) is 32.9. The van der Waals surface area contributed by atoms with Gasteiger partial charge in [-0.1, -0.05) is 6.07 Å². The van der Waals surface area contributed by atoms with Crippen molar-refractivity contribution in [2.45, 2.75) is 20.4 Å². The zero-order valence-corrected chi connectivity index (χ0v) is 12.3. The molecular weight excluding hydrogens is 282 g/mol. The first-order valence-electron chi connectivity index (χ1n) is 6.92. The summed E-state index contributed by atoms with van der Waals surface area (Å²) in [5.74, 6) is 0.125. The Bertz CT molecular complexity index is 895. The smallest absolute Gasteiger partial charge is 0.275 e. The Morgan fingerprint density at radius 3 is 2.82 bits per heavy atom. The van der Waals surface area contributed by atoms with Crippen molar-refractivity contribution in [3.8, 4) is 0 Å². The van der Waals surface area contributed by atoms with Gasteiger partial charge in [-0.05, 0) is 26.0 Å². The standard InChI is InChI=1S/C15H15N5O2/c1-3-19-11(15(22)18-12-6-4-5-7-16-12)9-13-17-10(2)8-14(21)20(13)19/h4-9H,3H2,1-2H3,(H,16,18,22). The molecule has 3 aromatic heterocycles. The van der Waals surface area contributed by atoms with Gasteiger partial charge in [0.2, 0.25) is 0 Å². The number of pyridine rings is 1. The van der Waals surface area contributed by atoms with E-state index in [-0.39, 0.29) is 11.5 Å². The minimum Gasteiger partial charge on any atom is -0.305 e. The molecule has 3 heterocycles. The maximum Gasteiger partial charge on any atom is 0.275 e. The molecule has 0 saturated carbocycles. The minimum absolute atomic E-state index is 0.207.